The molecule has 0 spiro atoms. The molecule has 0 saturated carbocycles. The van der Waals surface area contributed by atoms with Gasteiger partial charge < -0.3 is 19.9 Å². The molecule has 0 aromatic heterocycles. The fraction of sp³-hybridized carbons (Fsp3) is 0.458. The molecular formula is C24H32BrNO4. The van der Waals surface area contributed by atoms with Crippen LogP contribution < -0.4 is 19.9 Å². The summed E-state index contributed by atoms with van der Waals surface area (Å²) in [5.74, 6) is 2.06. The summed E-state index contributed by atoms with van der Waals surface area (Å²) in [5, 5.41) is 0. The number of primary amides is 1. The van der Waals surface area contributed by atoms with E-state index in [4.69, 9.17) is 19.9 Å². The molecule has 5 nitrogen and oxygen atoms in total. The van der Waals surface area contributed by atoms with Crippen LogP contribution in [0.15, 0.2) is 40.9 Å². The standard InChI is InChI=1S/C24H32BrNO4/c1-15(2)29-20-9-6-17(7-10-20)18(8-11-24(26)27)12-19-13-23(30-16(3)4)22(28-5)14-21(19)25/h6-7,9-10,13-16,18H,8,11-12H2,1-5H3,(H2,26,27). The van der Waals surface area contributed by atoms with Crippen LogP contribution in [0, 0.1) is 0 Å². The van der Waals surface area contributed by atoms with Crippen LogP contribution in [-0.4, -0.2) is 25.2 Å². The number of hydrogen-bond donors (Lipinski definition) is 1. The number of methoxy groups -OCH3 is 1. The molecule has 0 fully saturated rings. The van der Waals surface area contributed by atoms with Crippen molar-refractivity contribution in [3.05, 3.63) is 52.0 Å². The van der Waals surface area contributed by atoms with Gasteiger partial charge in [0.2, 0.25) is 5.91 Å². The Morgan fingerprint density at radius 1 is 1.00 bits per heavy atom. The molecule has 0 radical (unpaired) electrons. The number of carbonyl (C=O) groups is 1. The number of rotatable bonds is 11. The second-order valence-electron chi connectivity index (χ2n) is 7.90. The van der Waals surface area contributed by atoms with Gasteiger partial charge in [-0.25, -0.2) is 0 Å². The van der Waals surface area contributed by atoms with Crippen LogP contribution in [0.25, 0.3) is 0 Å². The lowest BCUT2D eigenvalue weighted by atomic mass is 9.88. The van der Waals surface area contributed by atoms with Crippen molar-refractivity contribution in [2.24, 2.45) is 5.73 Å². The maximum Gasteiger partial charge on any atom is 0.217 e. The van der Waals surface area contributed by atoms with Crippen LogP contribution in [0.1, 0.15) is 57.6 Å². The van der Waals surface area contributed by atoms with E-state index in [1.165, 1.54) is 0 Å². The predicted molar refractivity (Wildman–Crippen MR) is 124 cm³/mol. The number of halogens is 1. The number of amides is 1. The minimum absolute atomic E-state index is 0.0343. The molecule has 1 unspecified atom stereocenters. The summed E-state index contributed by atoms with van der Waals surface area (Å²) >= 11 is 3.66. The lowest BCUT2D eigenvalue weighted by Gasteiger charge is -2.21. The second-order valence-corrected chi connectivity index (χ2v) is 8.76. The molecular weight excluding hydrogens is 446 g/mol. The Morgan fingerprint density at radius 3 is 2.17 bits per heavy atom. The van der Waals surface area contributed by atoms with Crippen molar-refractivity contribution < 1.29 is 19.0 Å². The first kappa shape index (κ1) is 24.1. The molecule has 0 aliphatic carbocycles. The van der Waals surface area contributed by atoms with Crippen molar-refractivity contribution in [2.75, 3.05) is 7.11 Å². The zero-order valence-electron chi connectivity index (χ0n) is 18.4. The monoisotopic (exact) mass is 477 g/mol. The van der Waals surface area contributed by atoms with Crippen molar-refractivity contribution in [1.82, 2.24) is 0 Å². The normalized spacial score (nSPS) is 12.1. The van der Waals surface area contributed by atoms with Crippen molar-refractivity contribution in [3.8, 4) is 17.2 Å². The SMILES string of the molecule is COc1cc(Br)c(CC(CCC(N)=O)c2ccc(OC(C)C)cc2)cc1OC(C)C. The molecule has 6 heteroatoms. The zero-order chi connectivity index (χ0) is 22.3. The van der Waals surface area contributed by atoms with E-state index in [1.54, 1.807) is 7.11 Å². The van der Waals surface area contributed by atoms with Gasteiger partial charge in [0.25, 0.3) is 0 Å². The molecule has 0 heterocycles. The molecule has 0 aliphatic rings. The van der Waals surface area contributed by atoms with Gasteiger partial charge in [-0.1, -0.05) is 28.1 Å². The maximum atomic E-state index is 11.4. The lowest BCUT2D eigenvalue weighted by molar-refractivity contribution is -0.118. The van der Waals surface area contributed by atoms with E-state index in [1.807, 2.05) is 52.0 Å². The first-order valence-electron chi connectivity index (χ1n) is 10.3. The summed E-state index contributed by atoms with van der Waals surface area (Å²) in [4.78, 5) is 11.4. The van der Waals surface area contributed by atoms with E-state index in [9.17, 15) is 4.79 Å². The van der Waals surface area contributed by atoms with Gasteiger partial charge in [-0.2, -0.15) is 0 Å². The van der Waals surface area contributed by atoms with E-state index in [0.717, 1.165) is 27.8 Å². The van der Waals surface area contributed by atoms with Crippen LogP contribution >= 0.6 is 15.9 Å². The Hall–Kier alpha value is -2.21. The average molecular weight is 478 g/mol. The minimum Gasteiger partial charge on any atom is -0.493 e. The van der Waals surface area contributed by atoms with Crippen LogP contribution in [0.3, 0.4) is 0 Å². The molecule has 164 valence electrons. The third kappa shape index (κ3) is 7.24. The van der Waals surface area contributed by atoms with Gasteiger partial charge >= 0.3 is 0 Å². The average Bonchev–Trinajstić information content (AvgIpc) is 2.66. The van der Waals surface area contributed by atoms with Crippen LogP contribution in [0.5, 0.6) is 17.2 Å². The highest BCUT2D eigenvalue weighted by Crippen LogP contribution is 2.37. The molecule has 1 amide bonds. The summed E-state index contributed by atoms with van der Waals surface area (Å²) in [6.45, 7) is 7.97. The zero-order valence-corrected chi connectivity index (χ0v) is 20.0. The number of nitrogens with two attached hydrogens (primary N) is 1. The van der Waals surface area contributed by atoms with Crippen LogP contribution in [0.2, 0.25) is 0 Å². The Bertz CT molecular complexity index is 834. The van der Waals surface area contributed by atoms with E-state index in [-0.39, 0.29) is 24.0 Å². The third-order valence-electron chi connectivity index (χ3n) is 4.62. The smallest absolute Gasteiger partial charge is 0.217 e. The molecule has 2 N–H and O–H groups in total. The highest BCUT2D eigenvalue weighted by Gasteiger charge is 2.18. The predicted octanol–water partition coefficient (Wildman–Crippen LogP) is 5.62. The largest absolute Gasteiger partial charge is 0.493 e. The maximum absolute atomic E-state index is 11.4. The molecule has 0 aliphatic heterocycles. The van der Waals surface area contributed by atoms with Crippen LogP contribution in [0.4, 0.5) is 0 Å². The second kappa shape index (κ2) is 11.3. The number of ether oxygens (including phenoxy) is 3. The minimum atomic E-state index is -0.294. The highest BCUT2D eigenvalue weighted by atomic mass is 79.9. The molecule has 30 heavy (non-hydrogen) atoms. The first-order chi connectivity index (χ1) is 14.2. The number of carbonyl (C=O) groups excluding carboxylic acids is 1. The van der Waals surface area contributed by atoms with Gasteiger partial charge in [-0.15, -0.1) is 0 Å². The van der Waals surface area contributed by atoms with E-state index in [0.29, 0.717) is 24.3 Å². The van der Waals surface area contributed by atoms with Crippen molar-refractivity contribution >= 4 is 21.8 Å². The van der Waals surface area contributed by atoms with E-state index < -0.39 is 0 Å². The fourth-order valence-electron chi connectivity index (χ4n) is 3.30. The van der Waals surface area contributed by atoms with Gasteiger partial charge in [-0.05, 0) is 81.8 Å². The molecule has 0 bridgehead atoms. The van der Waals surface area contributed by atoms with Crippen LogP contribution in [-0.2, 0) is 11.2 Å². The van der Waals surface area contributed by atoms with Crippen molar-refractivity contribution in [3.63, 3.8) is 0 Å². The van der Waals surface area contributed by atoms with E-state index in [2.05, 4.69) is 28.1 Å². The first-order valence-corrected chi connectivity index (χ1v) is 11.1. The summed E-state index contributed by atoms with van der Waals surface area (Å²) < 4.78 is 18.1. The highest BCUT2D eigenvalue weighted by molar-refractivity contribution is 9.10. The van der Waals surface area contributed by atoms with Gasteiger partial charge in [0.1, 0.15) is 5.75 Å². The Labute approximate surface area is 188 Å². The Morgan fingerprint density at radius 2 is 1.63 bits per heavy atom. The lowest BCUT2D eigenvalue weighted by Crippen LogP contribution is -2.14. The van der Waals surface area contributed by atoms with Gasteiger partial charge in [0.15, 0.2) is 11.5 Å². The molecule has 0 saturated heterocycles. The summed E-state index contributed by atoms with van der Waals surface area (Å²) in [6.07, 6.45) is 1.89. The summed E-state index contributed by atoms with van der Waals surface area (Å²) in [5.41, 5.74) is 7.66. The summed E-state index contributed by atoms with van der Waals surface area (Å²) in [7, 11) is 1.63. The Kier molecular flexibility index (Phi) is 9.03. The van der Waals surface area contributed by atoms with Gasteiger partial charge in [0, 0.05) is 10.9 Å². The summed E-state index contributed by atoms with van der Waals surface area (Å²) in [6, 6.07) is 12.0. The number of benzene rings is 2. The quantitative estimate of drug-likeness (QED) is 0.455. The van der Waals surface area contributed by atoms with E-state index >= 15 is 0 Å². The Balaban J connectivity index is 2.32. The van der Waals surface area contributed by atoms with Gasteiger partial charge in [-0.3, -0.25) is 4.79 Å². The molecule has 2 aromatic rings. The fourth-order valence-corrected chi connectivity index (χ4v) is 3.78. The molecule has 1 atom stereocenters. The van der Waals surface area contributed by atoms with Crippen molar-refractivity contribution in [2.45, 2.75) is 65.1 Å². The van der Waals surface area contributed by atoms with Crippen molar-refractivity contribution in [1.29, 1.82) is 0 Å². The topological polar surface area (TPSA) is 70.8 Å². The molecule has 2 rings (SSSR count). The van der Waals surface area contributed by atoms with Gasteiger partial charge in [0.05, 0.1) is 19.3 Å². The number of hydrogen-bond acceptors (Lipinski definition) is 4. The third-order valence-corrected chi connectivity index (χ3v) is 5.36. The molecule has 2 aromatic carbocycles.